The summed E-state index contributed by atoms with van der Waals surface area (Å²) in [5.41, 5.74) is 4.21. The largest absolute Gasteiger partial charge is 0.369 e. The molecule has 28 heavy (non-hydrogen) atoms. The van der Waals surface area contributed by atoms with Crippen LogP contribution >= 0.6 is 0 Å². The number of rotatable bonds is 6. The lowest BCUT2D eigenvalue weighted by Crippen LogP contribution is -2.49. The van der Waals surface area contributed by atoms with Crippen LogP contribution in [0.1, 0.15) is 41.4 Å². The number of carbonyl (C=O) groups is 2. The summed E-state index contributed by atoms with van der Waals surface area (Å²) in [5, 5.41) is 3.10. The summed E-state index contributed by atoms with van der Waals surface area (Å²) in [6.07, 6.45) is 0. The number of anilines is 1. The minimum absolute atomic E-state index is 0.00850. The SMILES string of the molecule is CC(=O)c1ccc(N2CCN(CC(=O)N[C@@H](C)c3ccc(C)cc3)CC2)cc1. The normalized spacial score (nSPS) is 15.9. The lowest BCUT2D eigenvalue weighted by molar-refractivity contribution is -0.123. The van der Waals surface area contributed by atoms with Gasteiger partial charge in [0.25, 0.3) is 0 Å². The van der Waals surface area contributed by atoms with Crippen molar-refractivity contribution in [3.63, 3.8) is 0 Å². The molecule has 0 spiro atoms. The maximum atomic E-state index is 12.4. The van der Waals surface area contributed by atoms with Crippen molar-refractivity contribution in [3.05, 3.63) is 65.2 Å². The summed E-state index contributed by atoms with van der Waals surface area (Å²) in [4.78, 5) is 28.3. The van der Waals surface area contributed by atoms with Crippen LogP contribution in [0.5, 0.6) is 0 Å². The van der Waals surface area contributed by atoms with Crippen molar-refractivity contribution in [1.82, 2.24) is 10.2 Å². The lowest BCUT2D eigenvalue weighted by Gasteiger charge is -2.36. The first kappa shape index (κ1) is 20.1. The maximum Gasteiger partial charge on any atom is 0.234 e. The van der Waals surface area contributed by atoms with Gasteiger partial charge in [-0.25, -0.2) is 0 Å². The number of aryl methyl sites for hydroxylation is 1. The number of piperazine rings is 1. The number of hydrogen-bond acceptors (Lipinski definition) is 4. The van der Waals surface area contributed by atoms with Gasteiger partial charge in [-0.2, -0.15) is 0 Å². The quantitative estimate of drug-likeness (QED) is 0.783. The highest BCUT2D eigenvalue weighted by molar-refractivity contribution is 5.94. The monoisotopic (exact) mass is 379 g/mol. The number of carbonyl (C=O) groups excluding carboxylic acids is 2. The predicted molar refractivity (Wildman–Crippen MR) is 113 cm³/mol. The average Bonchev–Trinajstić information content (AvgIpc) is 2.69. The summed E-state index contributed by atoms with van der Waals surface area (Å²) in [7, 11) is 0. The van der Waals surface area contributed by atoms with Gasteiger partial charge in [0.2, 0.25) is 5.91 Å². The molecule has 1 saturated heterocycles. The molecule has 148 valence electrons. The summed E-state index contributed by atoms with van der Waals surface area (Å²) < 4.78 is 0. The fourth-order valence-corrected chi connectivity index (χ4v) is 3.50. The standard InChI is InChI=1S/C23H29N3O2/c1-17-4-6-20(7-5-17)18(2)24-23(28)16-25-12-14-26(15-13-25)22-10-8-21(9-11-22)19(3)27/h4-11,18H,12-16H2,1-3H3,(H,24,28)/t18-/m0/s1. The number of benzene rings is 2. The minimum atomic E-state index is 0.00850. The highest BCUT2D eigenvalue weighted by atomic mass is 16.2. The average molecular weight is 380 g/mol. The molecule has 1 N–H and O–H groups in total. The third-order valence-electron chi connectivity index (χ3n) is 5.33. The molecule has 3 rings (SSSR count). The second kappa shape index (κ2) is 9.02. The van der Waals surface area contributed by atoms with Crippen LogP contribution in [0.2, 0.25) is 0 Å². The van der Waals surface area contributed by atoms with Gasteiger partial charge in [0, 0.05) is 37.4 Å². The molecule has 2 aromatic rings. The van der Waals surface area contributed by atoms with E-state index in [0.29, 0.717) is 6.54 Å². The molecule has 1 aliphatic heterocycles. The van der Waals surface area contributed by atoms with Crippen LogP contribution in [0.3, 0.4) is 0 Å². The Labute approximate surface area is 167 Å². The Balaban J connectivity index is 1.46. The zero-order valence-corrected chi connectivity index (χ0v) is 16.9. The number of nitrogens with zero attached hydrogens (tertiary/aromatic N) is 2. The van der Waals surface area contributed by atoms with E-state index in [1.807, 2.05) is 31.2 Å². The molecule has 0 unspecified atom stereocenters. The summed E-state index contributed by atoms with van der Waals surface area (Å²) in [5.74, 6) is 0.148. The molecule has 2 aromatic carbocycles. The Kier molecular flexibility index (Phi) is 6.47. The molecular weight excluding hydrogens is 350 g/mol. The van der Waals surface area contributed by atoms with Gasteiger partial charge in [0.15, 0.2) is 5.78 Å². The molecule has 1 aliphatic rings. The molecule has 5 nitrogen and oxygen atoms in total. The fraction of sp³-hybridized carbons (Fsp3) is 0.391. The molecule has 1 amide bonds. The van der Waals surface area contributed by atoms with Crippen LogP contribution in [-0.2, 0) is 4.79 Å². The van der Waals surface area contributed by atoms with Crippen LogP contribution in [-0.4, -0.2) is 49.3 Å². The van der Waals surface area contributed by atoms with Crippen molar-refractivity contribution in [2.45, 2.75) is 26.8 Å². The van der Waals surface area contributed by atoms with Crippen molar-refractivity contribution < 1.29 is 9.59 Å². The molecule has 0 aliphatic carbocycles. The number of ketones is 1. The van der Waals surface area contributed by atoms with E-state index in [9.17, 15) is 9.59 Å². The Morgan fingerprint density at radius 1 is 0.964 bits per heavy atom. The molecule has 0 saturated carbocycles. The summed E-state index contributed by atoms with van der Waals surface area (Å²) >= 11 is 0. The van der Waals surface area contributed by atoms with Crippen molar-refractivity contribution in [3.8, 4) is 0 Å². The van der Waals surface area contributed by atoms with Gasteiger partial charge in [-0.3, -0.25) is 14.5 Å². The highest BCUT2D eigenvalue weighted by Gasteiger charge is 2.20. The van der Waals surface area contributed by atoms with Crippen LogP contribution in [0.15, 0.2) is 48.5 Å². The Morgan fingerprint density at radius 2 is 1.57 bits per heavy atom. The van der Waals surface area contributed by atoms with E-state index >= 15 is 0 Å². The first-order valence-corrected chi connectivity index (χ1v) is 9.86. The number of hydrogen-bond donors (Lipinski definition) is 1. The van der Waals surface area contributed by atoms with Crippen molar-refractivity contribution in [2.24, 2.45) is 0 Å². The van der Waals surface area contributed by atoms with E-state index in [4.69, 9.17) is 0 Å². The molecule has 1 heterocycles. The maximum absolute atomic E-state index is 12.4. The van der Waals surface area contributed by atoms with Crippen LogP contribution in [0.25, 0.3) is 0 Å². The molecule has 0 bridgehead atoms. The van der Waals surface area contributed by atoms with Gasteiger partial charge in [-0.15, -0.1) is 0 Å². The smallest absolute Gasteiger partial charge is 0.234 e. The number of Topliss-reactive ketones (excluding diaryl/α,β-unsaturated/α-hetero) is 1. The predicted octanol–water partition coefficient (Wildman–Crippen LogP) is 3.20. The molecule has 5 heteroatoms. The second-order valence-electron chi connectivity index (χ2n) is 7.57. The van der Waals surface area contributed by atoms with Crippen molar-refractivity contribution in [2.75, 3.05) is 37.6 Å². The van der Waals surface area contributed by atoms with Crippen LogP contribution in [0.4, 0.5) is 5.69 Å². The van der Waals surface area contributed by atoms with E-state index < -0.39 is 0 Å². The molecule has 1 atom stereocenters. The molecule has 1 fully saturated rings. The van der Waals surface area contributed by atoms with Gasteiger partial charge < -0.3 is 10.2 Å². The van der Waals surface area contributed by atoms with E-state index in [-0.39, 0.29) is 17.7 Å². The van der Waals surface area contributed by atoms with Crippen molar-refractivity contribution >= 4 is 17.4 Å². The Morgan fingerprint density at radius 3 is 2.14 bits per heavy atom. The van der Waals surface area contributed by atoms with Gasteiger partial charge in [0.05, 0.1) is 12.6 Å². The summed E-state index contributed by atoms with van der Waals surface area (Å²) in [6, 6.07) is 16.0. The molecule has 0 aromatic heterocycles. The third-order valence-corrected chi connectivity index (χ3v) is 5.33. The number of nitrogens with one attached hydrogen (secondary N) is 1. The van der Waals surface area contributed by atoms with E-state index in [0.717, 1.165) is 43.0 Å². The van der Waals surface area contributed by atoms with Gasteiger partial charge in [0.1, 0.15) is 0 Å². The lowest BCUT2D eigenvalue weighted by atomic mass is 10.1. The zero-order chi connectivity index (χ0) is 20.1. The van der Waals surface area contributed by atoms with Crippen LogP contribution in [0, 0.1) is 6.92 Å². The fourth-order valence-electron chi connectivity index (χ4n) is 3.50. The first-order valence-electron chi connectivity index (χ1n) is 9.86. The third kappa shape index (κ3) is 5.20. The van der Waals surface area contributed by atoms with Crippen molar-refractivity contribution in [1.29, 1.82) is 0 Å². The highest BCUT2D eigenvalue weighted by Crippen LogP contribution is 2.18. The van der Waals surface area contributed by atoms with E-state index in [1.54, 1.807) is 6.92 Å². The van der Waals surface area contributed by atoms with Gasteiger partial charge >= 0.3 is 0 Å². The number of amides is 1. The molecular formula is C23H29N3O2. The molecule has 0 radical (unpaired) electrons. The second-order valence-corrected chi connectivity index (χ2v) is 7.57. The van der Waals surface area contributed by atoms with E-state index in [1.165, 1.54) is 5.56 Å². The minimum Gasteiger partial charge on any atom is -0.369 e. The van der Waals surface area contributed by atoms with Gasteiger partial charge in [-0.05, 0) is 50.6 Å². The topological polar surface area (TPSA) is 52.7 Å². The Bertz CT molecular complexity index is 807. The van der Waals surface area contributed by atoms with Gasteiger partial charge in [-0.1, -0.05) is 29.8 Å². The summed E-state index contributed by atoms with van der Waals surface area (Å²) in [6.45, 7) is 9.53. The zero-order valence-electron chi connectivity index (χ0n) is 16.9. The Hall–Kier alpha value is -2.66. The van der Waals surface area contributed by atoms with E-state index in [2.05, 4.69) is 46.3 Å². The van der Waals surface area contributed by atoms with Crippen LogP contribution < -0.4 is 10.2 Å². The first-order chi connectivity index (χ1) is 13.4.